The zero-order chi connectivity index (χ0) is 21.1. The van der Waals surface area contributed by atoms with E-state index in [0.717, 1.165) is 34.8 Å². The molecule has 2 aliphatic carbocycles. The van der Waals surface area contributed by atoms with Gasteiger partial charge in [0.2, 0.25) is 5.92 Å². The van der Waals surface area contributed by atoms with E-state index in [0.29, 0.717) is 18.4 Å². The third-order valence-corrected chi connectivity index (χ3v) is 7.07. The van der Waals surface area contributed by atoms with Crippen LogP contribution in [0.5, 0.6) is 0 Å². The molecule has 0 bridgehead atoms. The number of aromatic nitrogens is 1. The van der Waals surface area contributed by atoms with E-state index in [2.05, 4.69) is 22.2 Å². The van der Waals surface area contributed by atoms with E-state index < -0.39 is 11.3 Å². The number of alkyl halides is 2. The first-order valence-electron chi connectivity index (χ1n) is 10.6. The number of benzene rings is 1. The standard InChI is InChI=1S/C24H25F2N3O/c1-14-19-8-12-27-22(20(19)15(2)28-14)29-18-5-3-16(4-6-18)21(30)23-10-11-24(25,26)9-7-17(23)13-23/h3-6,8,12,14,17H,7,9-11,13H2,1-2H3,(H,27,29)/t14-,17?,23?/m0/s1. The van der Waals surface area contributed by atoms with Crippen molar-refractivity contribution in [2.24, 2.45) is 16.3 Å². The van der Waals surface area contributed by atoms with Crippen molar-refractivity contribution in [3.8, 4) is 0 Å². The van der Waals surface area contributed by atoms with Gasteiger partial charge in [-0.15, -0.1) is 0 Å². The van der Waals surface area contributed by atoms with Crippen LogP contribution in [0.1, 0.15) is 73.5 Å². The lowest BCUT2D eigenvalue weighted by Crippen LogP contribution is -2.20. The lowest BCUT2D eigenvalue weighted by atomic mass is 9.88. The average molecular weight is 409 g/mol. The van der Waals surface area contributed by atoms with Gasteiger partial charge in [-0.3, -0.25) is 9.79 Å². The molecule has 5 rings (SSSR count). The summed E-state index contributed by atoms with van der Waals surface area (Å²) in [6, 6.07) is 9.43. The van der Waals surface area contributed by atoms with Gasteiger partial charge in [0.05, 0.1) is 6.04 Å². The second kappa shape index (κ2) is 6.69. The molecular weight excluding hydrogens is 384 g/mol. The number of carbonyl (C=O) groups is 1. The summed E-state index contributed by atoms with van der Waals surface area (Å²) in [6.07, 6.45) is 2.99. The number of anilines is 2. The van der Waals surface area contributed by atoms with Gasteiger partial charge >= 0.3 is 0 Å². The minimum Gasteiger partial charge on any atom is -0.340 e. The predicted molar refractivity (Wildman–Crippen MR) is 113 cm³/mol. The number of hydrogen-bond donors (Lipinski definition) is 1. The van der Waals surface area contributed by atoms with Gasteiger partial charge in [-0.1, -0.05) is 0 Å². The van der Waals surface area contributed by atoms with Gasteiger partial charge in [0.1, 0.15) is 5.82 Å². The van der Waals surface area contributed by atoms with E-state index in [1.54, 1.807) is 18.3 Å². The Balaban J connectivity index is 1.34. The van der Waals surface area contributed by atoms with Crippen molar-refractivity contribution in [3.63, 3.8) is 0 Å². The lowest BCUT2D eigenvalue weighted by Gasteiger charge is -2.17. The third-order valence-electron chi connectivity index (χ3n) is 7.07. The summed E-state index contributed by atoms with van der Waals surface area (Å²) in [7, 11) is 0. The average Bonchev–Trinajstić information content (AvgIpc) is 3.39. The van der Waals surface area contributed by atoms with E-state index in [9.17, 15) is 13.6 Å². The van der Waals surface area contributed by atoms with Gasteiger partial charge in [0.15, 0.2) is 5.78 Å². The molecule has 3 atom stereocenters. The molecule has 3 aliphatic rings. The monoisotopic (exact) mass is 409 g/mol. The maximum atomic E-state index is 13.8. The molecule has 4 nitrogen and oxygen atoms in total. The lowest BCUT2D eigenvalue weighted by molar-refractivity contribution is -0.0178. The summed E-state index contributed by atoms with van der Waals surface area (Å²) in [5.74, 6) is -1.75. The molecule has 0 spiro atoms. The van der Waals surface area contributed by atoms with E-state index in [1.165, 1.54) is 0 Å². The highest BCUT2D eigenvalue weighted by molar-refractivity contribution is 6.07. The fourth-order valence-electron chi connectivity index (χ4n) is 5.23. The Morgan fingerprint density at radius 2 is 1.90 bits per heavy atom. The first kappa shape index (κ1) is 19.3. The molecule has 1 aliphatic heterocycles. The summed E-state index contributed by atoms with van der Waals surface area (Å²) in [5, 5.41) is 3.34. The van der Waals surface area contributed by atoms with Gasteiger partial charge in [0.25, 0.3) is 0 Å². The Labute approximate surface area is 174 Å². The third kappa shape index (κ3) is 3.13. The number of rotatable bonds is 4. The first-order chi connectivity index (χ1) is 14.3. The summed E-state index contributed by atoms with van der Waals surface area (Å²) in [5.41, 5.74) is 4.01. The molecule has 0 saturated heterocycles. The van der Waals surface area contributed by atoms with Crippen LogP contribution in [-0.2, 0) is 0 Å². The van der Waals surface area contributed by atoms with Gasteiger partial charge in [-0.05, 0) is 74.9 Å². The van der Waals surface area contributed by atoms with Crippen LogP contribution < -0.4 is 5.32 Å². The van der Waals surface area contributed by atoms with E-state index in [-0.39, 0.29) is 30.6 Å². The zero-order valence-electron chi connectivity index (χ0n) is 17.2. The van der Waals surface area contributed by atoms with Gasteiger partial charge < -0.3 is 5.32 Å². The maximum Gasteiger partial charge on any atom is 0.248 e. The van der Waals surface area contributed by atoms with Crippen LogP contribution in [-0.4, -0.2) is 22.4 Å². The quantitative estimate of drug-likeness (QED) is 0.620. The Morgan fingerprint density at radius 1 is 1.13 bits per heavy atom. The minimum atomic E-state index is -2.63. The maximum absolute atomic E-state index is 13.8. The molecule has 1 N–H and O–H groups in total. The SMILES string of the molecule is CC1=N[C@@H](C)c2ccnc(Nc3ccc(C(=O)C45CCC(F)(F)CCC4C5)cc3)c21. The van der Waals surface area contributed by atoms with Crippen molar-refractivity contribution >= 4 is 23.0 Å². The molecule has 156 valence electrons. The molecule has 2 saturated carbocycles. The van der Waals surface area contributed by atoms with Crippen molar-refractivity contribution in [2.45, 2.75) is 57.9 Å². The number of aliphatic imine (C=N–C) groups is 1. The molecular formula is C24H25F2N3O. The number of hydrogen-bond acceptors (Lipinski definition) is 4. The van der Waals surface area contributed by atoms with Crippen LogP contribution in [0.2, 0.25) is 0 Å². The summed E-state index contributed by atoms with van der Waals surface area (Å²) >= 11 is 0. The van der Waals surface area contributed by atoms with Crippen LogP contribution in [0.15, 0.2) is 41.5 Å². The largest absolute Gasteiger partial charge is 0.340 e. The molecule has 2 heterocycles. The summed E-state index contributed by atoms with van der Waals surface area (Å²) in [4.78, 5) is 22.2. The number of pyridine rings is 1. The van der Waals surface area contributed by atoms with Crippen LogP contribution >= 0.6 is 0 Å². The van der Waals surface area contributed by atoms with Crippen molar-refractivity contribution in [1.29, 1.82) is 0 Å². The highest BCUT2D eigenvalue weighted by atomic mass is 19.3. The molecule has 0 radical (unpaired) electrons. The smallest absolute Gasteiger partial charge is 0.248 e. The topological polar surface area (TPSA) is 54.4 Å². The molecule has 2 unspecified atom stereocenters. The molecule has 0 amide bonds. The van der Waals surface area contributed by atoms with Crippen LogP contribution in [0.25, 0.3) is 0 Å². The summed E-state index contributed by atoms with van der Waals surface area (Å²) in [6.45, 7) is 4.05. The Kier molecular flexibility index (Phi) is 4.31. The van der Waals surface area contributed by atoms with Gasteiger partial charge in [0, 0.05) is 47.0 Å². The van der Waals surface area contributed by atoms with Crippen molar-refractivity contribution < 1.29 is 13.6 Å². The van der Waals surface area contributed by atoms with E-state index >= 15 is 0 Å². The highest BCUT2D eigenvalue weighted by Gasteiger charge is 2.61. The Hall–Kier alpha value is -2.63. The Bertz CT molecular complexity index is 1050. The minimum absolute atomic E-state index is 0.0206. The van der Waals surface area contributed by atoms with E-state index in [4.69, 9.17) is 0 Å². The van der Waals surface area contributed by atoms with Crippen molar-refractivity contribution in [1.82, 2.24) is 4.98 Å². The fraction of sp³-hybridized carbons (Fsp3) is 0.458. The van der Waals surface area contributed by atoms with Crippen LogP contribution in [0, 0.1) is 11.3 Å². The summed E-state index contributed by atoms with van der Waals surface area (Å²) < 4.78 is 27.5. The molecule has 1 aromatic heterocycles. The zero-order valence-corrected chi connectivity index (χ0v) is 17.2. The predicted octanol–water partition coefficient (Wildman–Crippen LogP) is 6.11. The first-order valence-corrected chi connectivity index (χ1v) is 10.6. The van der Waals surface area contributed by atoms with E-state index in [1.807, 2.05) is 25.1 Å². The number of fused-ring (bicyclic) bond motifs is 2. The van der Waals surface area contributed by atoms with Crippen molar-refractivity contribution in [3.05, 3.63) is 53.2 Å². The molecule has 30 heavy (non-hydrogen) atoms. The normalized spacial score (nSPS) is 28.7. The molecule has 2 fully saturated rings. The van der Waals surface area contributed by atoms with Gasteiger partial charge in [-0.25, -0.2) is 13.8 Å². The molecule has 2 aromatic rings. The Morgan fingerprint density at radius 3 is 2.67 bits per heavy atom. The van der Waals surface area contributed by atoms with Crippen molar-refractivity contribution in [2.75, 3.05) is 5.32 Å². The number of nitrogens with one attached hydrogen (secondary N) is 1. The fourth-order valence-corrected chi connectivity index (χ4v) is 5.23. The second-order valence-corrected chi connectivity index (χ2v) is 9.00. The number of ketones is 1. The number of nitrogens with zero attached hydrogens (tertiary/aromatic N) is 2. The number of Topliss-reactive ketones (excluding diaryl/α,β-unsaturated/α-hetero) is 1. The number of halogens is 2. The number of carbonyl (C=O) groups excluding carboxylic acids is 1. The van der Waals surface area contributed by atoms with Gasteiger partial charge in [-0.2, -0.15) is 0 Å². The molecule has 1 aromatic carbocycles. The molecule has 6 heteroatoms. The highest BCUT2D eigenvalue weighted by Crippen LogP contribution is 2.63. The van der Waals surface area contributed by atoms with Crippen LogP contribution in [0.3, 0.4) is 0 Å². The van der Waals surface area contributed by atoms with Crippen LogP contribution in [0.4, 0.5) is 20.3 Å². The second-order valence-electron chi connectivity index (χ2n) is 9.00.